The third-order valence-corrected chi connectivity index (χ3v) is 1.68. The smallest absolute Gasteiger partial charge is 0.358 e. The van der Waals surface area contributed by atoms with Crippen molar-refractivity contribution in [3.8, 4) is 6.07 Å². The standard InChI is InChI=1S/C8H5F2N3O2/c1-4-2-5(3-11)6(7(9)10)8(12-4)13(14)15/h2,7H,1H3. The van der Waals surface area contributed by atoms with Crippen molar-refractivity contribution in [2.45, 2.75) is 13.3 Å². The molecule has 0 aliphatic heterocycles. The van der Waals surface area contributed by atoms with Gasteiger partial charge < -0.3 is 10.1 Å². The molecule has 7 heteroatoms. The van der Waals surface area contributed by atoms with E-state index in [2.05, 4.69) is 4.98 Å². The van der Waals surface area contributed by atoms with Crippen molar-refractivity contribution in [1.82, 2.24) is 4.98 Å². The average molecular weight is 213 g/mol. The molecule has 78 valence electrons. The predicted octanol–water partition coefficient (Wildman–Crippen LogP) is 2.11. The fraction of sp³-hybridized carbons (Fsp3) is 0.250. The van der Waals surface area contributed by atoms with Gasteiger partial charge in [-0.3, -0.25) is 0 Å². The highest BCUT2D eigenvalue weighted by molar-refractivity contribution is 5.48. The maximum Gasteiger partial charge on any atom is 0.374 e. The Morgan fingerprint density at radius 1 is 1.67 bits per heavy atom. The number of hydrogen-bond donors (Lipinski definition) is 0. The molecule has 0 aliphatic carbocycles. The lowest BCUT2D eigenvalue weighted by Crippen LogP contribution is -2.03. The molecule has 0 radical (unpaired) electrons. The van der Waals surface area contributed by atoms with E-state index in [9.17, 15) is 18.9 Å². The van der Waals surface area contributed by atoms with Gasteiger partial charge in [0.05, 0.1) is 5.56 Å². The molecule has 0 fully saturated rings. The van der Waals surface area contributed by atoms with E-state index < -0.39 is 28.3 Å². The van der Waals surface area contributed by atoms with E-state index in [0.717, 1.165) is 6.07 Å². The van der Waals surface area contributed by atoms with Crippen LogP contribution in [0.2, 0.25) is 0 Å². The van der Waals surface area contributed by atoms with E-state index in [1.54, 1.807) is 0 Å². The minimum Gasteiger partial charge on any atom is -0.358 e. The summed E-state index contributed by atoms with van der Waals surface area (Å²) >= 11 is 0. The lowest BCUT2D eigenvalue weighted by Gasteiger charge is -2.03. The van der Waals surface area contributed by atoms with E-state index in [1.807, 2.05) is 0 Å². The summed E-state index contributed by atoms with van der Waals surface area (Å²) in [6, 6.07) is 2.58. The molecule has 0 aliphatic rings. The van der Waals surface area contributed by atoms with Crippen LogP contribution in [-0.4, -0.2) is 9.91 Å². The lowest BCUT2D eigenvalue weighted by atomic mass is 10.1. The van der Waals surface area contributed by atoms with E-state index in [4.69, 9.17) is 5.26 Å². The fourth-order valence-electron chi connectivity index (χ4n) is 1.11. The third kappa shape index (κ3) is 2.04. The minimum absolute atomic E-state index is 0.155. The number of aryl methyl sites for hydroxylation is 1. The van der Waals surface area contributed by atoms with Gasteiger partial charge in [0.15, 0.2) is 5.69 Å². The van der Waals surface area contributed by atoms with Gasteiger partial charge in [-0.2, -0.15) is 5.26 Å². The van der Waals surface area contributed by atoms with Crippen molar-refractivity contribution in [2.24, 2.45) is 0 Å². The second-order valence-electron chi connectivity index (χ2n) is 2.72. The molecule has 0 bridgehead atoms. The highest BCUT2D eigenvalue weighted by atomic mass is 19.3. The van der Waals surface area contributed by atoms with Gasteiger partial charge in [-0.25, -0.2) is 8.78 Å². The first kappa shape index (κ1) is 11.0. The normalized spacial score (nSPS) is 10.1. The number of pyridine rings is 1. The summed E-state index contributed by atoms with van der Waals surface area (Å²) < 4.78 is 24.9. The molecule has 0 aromatic carbocycles. The number of hydrogen-bond acceptors (Lipinski definition) is 4. The molecule has 0 unspecified atom stereocenters. The monoisotopic (exact) mass is 213 g/mol. The second kappa shape index (κ2) is 3.96. The van der Waals surface area contributed by atoms with Crippen LogP contribution in [0.5, 0.6) is 0 Å². The molecule has 1 aromatic heterocycles. The Kier molecular flexibility index (Phi) is 2.90. The summed E-state index contributed by atoms with van der Waals surface area (Å²) in [5, 5.41) is 19.0. The maximum absolute atomic E-state index is 12.5. The van der Waals surface area contributed by atoms with Gasteiger partial charge in [-0.1, -0.05) is 0 Å². The molecule has 0 saturated heterocycles. The molecule has 1 heterocycles. The molecule has 0 N–H and O–H groups in total. The van der Waals surface area contributed by atoms with Crippen LogP contribution >= 0.6 is 0 Å². The van der Waals surface area contributed by atoms with Crippen molar-refractivity contribution in [3.63, 3.8) is 0 Å². The summed E-state index contributed by atoms with van der Waals surface area (Å²) in [6.07, 6.45) is -3.09. The highest BCUT2D eigenvalue weighted by Gasteiger charge is 2.28. The van der Waals surface area contributed by atoms with Crippen LogP contribution in [0.4, 0.5) is 14.6 Å². The number of nitriles is 1. The summed E-state index contributed by atoms with van der Waals surface area (Å²) in [6.45, 7) is 1.39. The molecular formula is C8H5F2N3O2. The van der Waals surface area contributed by atoms with E-state index >= 15 is 0 Å². The van der Waals surface area contributed by atoms with Crippen molar-refractivity contribution in [2.75, 3.05) is 0 Å². The van der Waals surface area contributed by atoms with E-state index in [1.165, 1.54) is 13.0 Å². The summed E-state index contributed by atoms with van der Waals surface area (Å²) in [5.41, 5.74) is -1.18. The molecule has 1 rings (SSSR count). The van der Waals surface area contributed by atoms with Crippen LogP contribution in [-0.2, 0) is 0 Å². The Hall–Kier alpha value is -2.10. The second-order valence-corrected chi connectivity index (χ2v) is 2.72. The molecule has 15 heavy (non-hydrogen) atoms. The topological polar surface area (TPSA) is 79.8 Å². The van der Waals surface area contributed by atoms with Crippen LogP contribution in [0.15, 0.2) is 6.07 Å². The van der Waals surface area contributed by atoms with Gasteiger partial charge in [0.25, 0.3) is 6.43 Å². The van der Waals surface area contributed by atoms with Gasteiger partial charge in [0, 0.05) is 13.0 Å². The first-order valence-electron chi connectivity index (χ1n) is 3.81. The number of aromatic nitrogens is 1. The quantitative estimate of drug-likeness (QED) is 0.556. The van der Waals surface area contributed by atoms with Gasteiger partial charge >= 0.3 is 5.82 Å². The number of alkyl halides is 2. The molecule has 0 saturated carbocycles. The Labute approximate surface area is 83.1 Å². The summed E-state index contributed by atoms with van der Waals surface area (Å²) in [5.74, 6) is -0.957. The Morgan fingerprint density at radius 2 is 2.27 bits per heavy atom. The molecule has 0 spiro atoms. The minimum atomic E-state index is -3.09. The fourth-order valence-corrected chi connectivity index (χ4v) is 1.11. The summed E-state index contributed by atoms with van der Waals surface area (Å²) in [7, 11) is 0. The largest absolute Gasteiger partial charge is 0.374 e. The molecule has 5 nitrogen and oxygen atoms in total. The number of rotatable bonds is 2. The molecule has 0 atom stereocenters. The molecular weight excluding hydrogens is 208 g/mol. The molecule has 0 amide bonds. The lowest BCUT2D eigenvalue weighted by molar-refractivity contribution is -0.391. The highest BCUT2D eigenvalue weighted by Crippen LogP contribution is 2.30. The SMILES string of the molecule is Cc1cc(C#N)c(C(F)F)c([N+](=O)[O-])n1. The van der Waals surface area contributed by atoms with Crippen molar-refractivity contribution in [1.29, 1.82) is 5.26 Å². The zero-order chi connectivity index (χ0) is 11.6. The van der Waals surface area contributed by atoms with Gasteiger partial charge in [-0.15, -0.1) is 0 Å². The van der Waals surface area contributed by atoms with Gasteiger partial charge in [-0.05, 0) is 9.91 Å². The van der Waals surface area contributed by atoms with Crippen LogP contribution in [0.1, 0.15) is 23.2 Å². The van der Waals surface area contributed by atoms with Crippen LogP contribution in [0, 0.1) is 28.4 Å². The summed E-state index contributed by atoms with van der Waals surface area (Å²) in [4.78, 5) is 12.8. The van der Waals surface area contributed by atoms with E-state index in [0.29, 0.717) is 0 Å². The van der Waals surface area contributed by atoms with Crippen LogP contribution in [0.25, 0.3) is 0 Å². The number of nitrogens with zero attached hydrogens (tertiary/aromatic N) is 3. The zero-order valence-electron chi connectivity index (χ0n) is 7.57. The molecule has 1 aromatic rings. The maximum atomic E-state index is 12.5. The predicted molar refractivity (Wildman–Crippen MR) is 45.3 cm³/mol. The Morgan fingerprint density at radius 3 is 2.67 bits per heavy atom. The third-order valence-electron chi connectivity index (χ3n) is 1.68. The Balaban J connectivity index is 3.56. The van der Waals surface area contributed by atoms with E-state index in [-0.39, 0.29) is 5.69 Å². The van der Waals surface area contributed by atoms with Gasteiger partial charge in [0.2, 0.25) is 0 Å². The van der Waals surface area contributed by atoms with Crippen molar-refractivity contribution < 1.29 is 13.7 Å². The first-order chi connectivity index (χ1) is 6.97. The van der Waals surface area contributed by atoms with Crippen LogP contribution < -0.4 is 0 Å². The zero-order valence-corrected chi connectivity index (χ0v) is 7.57. The average Bonchev–Trinajstić information content (AvgIpc) is 2.15. The Bertz CT molecular complexity index is 454. The van der Waals surface area contributed by atoms with Crippen molar-refractivity contribution in [3.05, 3.63) is 33.0 Å². The van der Waals surface area contributed by atoms with Gasteiger partial charge in [0.1, 0.15) is 11.6 Å². The van der Waals surface area contributed by atoms with Crippen molar-refractivity contribution >= 4 is 5.82 Å². The number of nitro groups is 1. The first-order valence-corrected chi connectivity index (χ1v) is 3.81. The number of halogens is 2. The van der Waals surface area contributed by atoms with Crippen LogP contribution in [0.3, 0.4) is 0 Å².